The number of nitrogens with zero attached hydrogens (tertiary/aromatic N) is 3. The average Bonchev–Trinajstić information content (AvgIpc) is 3.15. The van der Waals surface area contributed by atoms with E-state index in [4.69, 9.17) is 16.6 Å². The van der Waals surface area contributed by atoms with Crippen molar-refractivity contribution in [1.82, 2.24) is 9.88 Å². The third-order valence-corrected chi connectivity index (χ3v) is 6.13. The van der Waals surface area contributed by atoms with Gasteiger partial charge in [0, 0.05) is 29.5 Å². The molecule has 4 heteroatoms. The maximum absolute atomic E-state index is 6.06. The van der Waals surface area contributed by atoms with E-state index in [-0.39, 0.29) is 0 Å². The molecule has 2 aliphatic heterocycles. The van der Waals surface area contributed by atoms with Crippen molar-refractivity contribution < 1.29 is 0 Å². The zero-order valence-corrected chi connectivity index (χ0v) is 15.2. The van der Waals surface area contributed by atoms with Crippen molar-refractivity contribution in [3.8, 4) is 0 Å². The smallest absolute Gasteiger partial charge is 0.129 e. The van der Waals surface area contributed by atoms with Crippen LogP contribution in [0.25, 0.3) is 10.9 Å². The molecule has 0 bridgehead atoms. The molecule has 3 nitrogen and oxygen atoms in total. The number of aromatic nitrogens is 1. The van der Waals surface area contributed by atoms with Crippen molar-refractivity contribution in [3.05, 3.63) is 35.4 Å². The molecule has 1 atom stereocenters. The molecule has 3 heterocycles. The van der Waals surface area contributed by atoms with Crippen LogP contribution in [-0.2, 0) is 0 Å². The largest absolute Gasteiger partial charge is 0.357 e. The first-order chi connectivity index (χ1) is 11.7. The number of pyridine rings is 1. The van der Waals surface area contributed by atoms with E-state index in [0.717, 1.165) is 46.8 Å². The van der Waals surface area contributed by atoms with Gasteiger partial charge in [-0.05, 0) is 81.9 Å². The van der Waals surface area contributed by atoms with Crippen molar-refractivity contribution in [2.45, 2.75) is 38.6 Å². The van der Waals surface area contributed by atoms with Gasteiger partial charge in [0.2, 0.25) is 0 Å². The fraction of sp³-hybridized carbons (Fsp3) is 0.550. The molecule has 0 aliphatic carbocycles. The summed E-state index contributed by atoms with van der Waals surface area (Å²) in [7, 11) is 0. The highest BCUT2D eigenvalue weighted by atomic mass is 35.5. The zero-order valence-electron chi connectivity index (χ0n) is 14.4. The van der Waals surface area contributed by atoms with Gasteiger partial charge in [-0.15, -0.1) is 0 Å². The molecule has 1 aromatic carbocycles. The van der Waals surface area contributed by atoms with Gasteiger partial charge in [-0.1, -0.05) is 11.6 Å². The van der Waals surface area contributed by atoms with E-state index in [2.05, 4.69) is 28.9 Å². The summed E-state index contributed by atoms with van der Waals surface area (Å²) in [6.07, 6.45) is 5.32. The Labute approximate surface area is 149 Å². The number of piperidine rings is 1. The fourth-order valence-electron chi connectivity index (χ4n) is 4.32. The van der Waals surface area contributed by atoms with Gasteiger partial charge < -0.3 is 9.80 Å². The summed E-state index contributed by atoms with van der Waals surface area (Å²) < 4.78 is 0. The van der Waals surface area contributed by atoms with Crippen molar-refractivity contribution in [2.75, 3.05) is 31.1 Å². The van der Waals surface area contributed by atoms with E-state index in [1.165, 1.54) is 38.8 Å². The normalized spacial score (nSPS) is 21.5. The van der Waals surface area contributed by atoms with Crippen molar-refractivity contribution >= 4 is 28.3 Å². The first-order valence-corrected chi connectivity index (χ1v) is 9.64. The van der Waals surface area contributed by atoms with E-state index in [1.54, 1.807) is 0 Å². The molecule has 2 aromatic rings. The Bertz CT molecular complexity index is 703. The molecule has 0 saturated carbocycles. The zero-order chi connectivity index (χ0) is 16.5. The van der Waals surface area contributed by atoms with Crippen LogP contribution >= 0.6 is 11.6 Å². The number of anilines is 1. The number of likely N-dealkylation sites (tertiary alicyclic amines) is 1. The molecule has 4 rings (SSSR count). The summed E-state index contributed by atoms with van der Waals surface area (Å²) in [5.74, 6) is 1.94. The van der Waals surface area contributed by atoms with E-state index in [9.17, 15) is 0 Å². The van der Waals surface area contributed by atoms with Gasteiger partial charge >= 0.3 is 0 Å². The Hall–Kier alpha value is -1.32. The summed E-state index contributed by atoms with van der Waals surface area (Å²) in [4.78, 5) is 9.98. The Morgan fingerprint density at radius 2 is 1.79 bits per heavy atom. The van der Waals surface area contributed by atoms with Crippen molar-refractivity contribution in [3.63, 3.8) is 0 Å². The second-order valence-electron chi connectivity index (χ2n) is 7.31. The van der Waals surface area contributed by atoms with Gasteiger partial charge in [-0.25, -0.2) is 4.98 Å². The highest BCUT2D eigenvalue weighted by Crippen LogP contribution is 2.29. The quantitative estimate of drug-likeness (QED) is 0.812. The molecule has 0 radical (unpaired) electrons. The molecule has 0 N–H and O–H groups in total. The van der Waals surface area contributed by atoms with Gasteiger partial charge in [0.05, 0.1) is 5.52 Å². The highest BCUT2D eigenvalue weighted by molar-refractivity contribution is 6.31. The van der Waals surface area contributed by atoms with Crippen LogP contribution in [0.5, 0.6) is 0 Å². The van der Waals surface area contributed by atoms with E-state index in [1.807, 2.05) is 18.2 Å². The predicted octanol–water partition coefficient (Wildman–Crippen LogP) is 4.59. The van der Waals surface area contributed by atoms with Crippen LogP contribution in [-0.4, -0.2) is 42.1 Å². The molecule has 2 fully saturated rings. The number of hydrogen-bond donors (Lipinski definition) is 0. The number of hydrogen-bond acceptors (Lipinski definition) is 3. The minimum Gasteiger partial charge on any atom is -0.357 e. The van der Waals surface area contributed by atoms with Crippen LogP contribution in [0.15, 0.2) is 30.3 Å². The Morgan fingerprint density at radius 3 is 2.54 bits per heavy atom. The van der Waals surface area contributed by atoms with Crippen LogP contribution < -0.4 is 4.90 Å². The minimum atomic E-state index is 0.737. The second-order valence-corrected chi connectivity index (χ2v) is 7.75. The monoisotopic (exact) mass is 343 g/mol. The Morgan fingerprint density at radius 1 is 1.04 bits per heavy atom. The molecule has 0 unspecified atom stereocenters. The van der Waals surface area contributed by atoms with E-state index >= 15 is 0 Å². The lowest BCUT2D eigenvalue weighted by Crippen LogP contribution is -2.43. The average molecular weight is 344 g/mol. The molecular formula is C20H26ClN3. The first-order valence-electron chi connectivity index (χ1n) is 9.26. The molecular weight excluding hydrogens is 318 g/mol. The summed E-state index contributed by atoms with van der Waals surface area (Å²) in [5, 5.41) is 1.89. The molecule has 1 aromatic heterocycles. The van der Waals surface area contributed by atoms with Crippen LogP contribution in [0.2, 0.25) is 5.02 Å². The molecule has 24 heavy (non-hydrogen) atoms. The lowest BCUT2D eigenvalue weighted by atomic mass is 9.89. The van der Waals surface area contributed by atoms with Crippen molar-refractivity contribution in [2.24, 2.45) is 5.92 Å². The van der Waals surface area contributed by atoms with Crippen LogP contribution in [0.4, 0.5) is 5.82 Å². The molecule has 128 valence electrons. The topological polar surface area (TPSA) is 19.4 Å². The maximum Gasteiger partial charge on any atom is 0.129 e. The third kappa shape index (κ3) is 3.25. The lowest BCUT2D eigenvalue weighted by Gasteiger charge is -2.38. The lowest BCUT2D eigenvalue weighted by molar-refractivity contribution is 0.167. The summed E-state index contributed by atoms with van der Waals surface area (Å²) in [6, 6.07) is 10.9. The summed E-state index contributed by atoms with van der Waals surface area (Å²) in [6.45, 7) is 7.28. The van der Waals surface area contributed by atoms with Crippen LogP contribution in [0, 0.1) is 5.92 Å². The van der Waals surface area contributed by atoms with Crippen LogP contribution in [0.1, 0.15) is 32.6 Å². The fourth-order valence-corrected chi connectivity index (χ4v) is 4.50. The predicted molar refractivity (Wildman–Crippen MR) is 102 cm³/mol. The third-order valence-electron chi connectivity index (χ3n) is 5.90. The van der Waals surface area contributed by atoms with Crippen molar-refractivity contribution in [1.29, 1.82) is 0 Å². The van der Waals surface area contributed by atoms with Gasteiger partial charge in [0.15, 0.2) is 0 Å². The molecule has 2 aliphatic rings. The first kappa shape index (κ1) is 16.2. The maximum atomic E-state index is 6.06. The van der Waals surface area contributed by atoms with E-state index < -0.39 is 0 Å². The SMILES string of the molecule is C[C@@H](C1CCN(c2ccc3cc(Cl)ccc3n2)CC1)N1CCCC1. The minimum absolute atomic E-state index is 0.737. The second kappa shape index (κ2) is 6.89. The van der Waals surface area contributed by atoms with E-state index in [0.29, 0.717) is 0 Å². The standard InChI is InChI=1S/C20H26ClN3/c1-15(23-10-2-3-11-23)16-8-12-24(13-9-16)20-7-4-17-14-18(21)5-6-19(17)22-20/h4-7,14-16H,2-3,8-13H2,1H3/t15-/m0/s1. The van der Waals surface area contributed by atoms with Crippen LogP contribution in [0.3, 0.4) is 0 Å². The number of fused-ring (bicyclic) bond motifs is 1. The molecule has 0 amide bonds. The van der Waals surface area contributed by atoms with Gasteiger partial charge in [-0.3, -0.25) is 0 Å². The Balaban J connectivity index is 1.42. The summed E-state index contributed by atoms with van der Waals surface area (Å²) >= 11 is 6.06. The van der Waals surface area contributed by atoms with Gasteiger partial charge in [0.25, 0.3) is 0 Å². The number of rotatable bonds is 3. The molecule has 0 spiro atoms. The number of halogens is 1. The number of benzene rings is 1. The highest BCUT2D eigenvalue weighted by Gasteiger charge is 2.29. The Kier molecular flexibility index (Phi) is 4.64. The van der Waals surface area contributed by atoms with Gasteiger partial charge in [-0.2, -0.15) is 0 Å². The van der Waals surface area contributed by atoms with Gasteiger partial charge in [0.1, 0.15) is 5.82 Å². The summed E-state index contributed by atoms with van der Waals surface area (Å²) in [5.41, 5.74) is 1.03. The molecule has 2 saturated heterocycles.